The Morgan fingerprint density at radius 1 is 1.18 bits per heavy atom. The van der Waals surface area contributed by atoms with Gasteiger partial charge in [0.15, 0.2) is 0 Å². The van der Waals surface area contributed by atoms with E-state index in [1.807, 2.05) is 0 Å². The standard InChI is InChI=1S/C22H22F2N4O4S/c1-10-11(9-26-21(30)31)4-5-17(27-10)28-20-13(19(25)29)8-16(33-20)18-14(23)6-12(7-15(18)24)22(2,3)32/h4-8,26,32H,9H2,1-3H3,(H2,25,29)(H,27,28)(H,30,31). The summed E-state index contributed by atoms with van der Waals surface area (Å²) < 4.78 is 29.6. The topological polar surface area (TPSA) is 138 Å². The molecule has 0 saturated carbocycles. The Morgan fingerprint density at radius 2 is 1.82 bits per heavy atom. The number of aliphatic hydroxyl groups is 1. The minimum Gasteiger partial charge on any atom is -0.465 e. The van der Waals surface area contributed by atoms with Crippen LogP contribution in [-0.4, -0.2) is 27.2 Å². The molecule has 33 heavy (non-hydrogen) atoms. The SMILES string of the molecule is Cc1nc(Nc2sc(-c3c(F)cc(C(C)(C)O)cc3F)cc2C(N)=O)ccc1CNC(=O)O. The molecule has 0 radical (unpaired) electrons. The second-order valence-electron chi connectivity index (χ2n) is 7.82. The Balaban J connectivity index is 1.97. The number of aromatic nitrogens is 1. The Kier molecular flexibility index (Phi) is 6.65. The first kappa shape index (κ1) is 24.1. The summed E-state index contributed by atoms with van der Waals surface area (Å²) >= 11 is 0.917. The smallest absolute Gasteiger partial charge is 0.404 e. The van der Waals surface area contributed by atoms with Crippen LogP contribution in [0.4, 0.5) is 24.4 Å². The second kappa shape index (κ2) is 9.12. The molecule has 0 spiro atoms. The molecule has 0 aliphatic rings. The van der Waals surface area contributed by atoms with Crippen molar-refractivity contribution in [2.75, 3.05) is 5.32 Å². The summed E-state index contributed by atoms with van der Waals surface area (Å²) in [6.45, 7) is 4.59. The van der Waals surface area contributed by atoms with E-state index in [4.69, 9.17) is 10.8 Å². The number of hydrogen-bond donors (Lipinski definition) is 5. The van der Waals surface area contributed by atoms with E-state index >= 15 is 0 Å². The fourth-order valence-corrected chi connectivity index (χ4v) is 4.20. The van der Waals surface area contributed by atoms with Crippen molar-refractivity contribution in [1.82, 2.24) is 10.3 Å². The number of carboxylic acid groups (broad SMARTS) is 1. The summed E-state index contributed by atoms with van der Waals surface area (Å²) in [7, 11) is 0. The summed E-state index contributed by atoms with van der Waals surface area (Å²) in [6.07, 6.45) is -1.16. The van der Waals surface area contributed by atoms with Gasteiger partial charge in [0, 0.05) is 17.1 Å². The molecule has 0 aliphatic heterocycles. The third-order valence-electron chi connectivity index (χ3n) is 4.86. The van der Waals surface area contributed by atoms with E-state index in [0.29, 0.717) is 17.1 Å². The number of anilines is 2. The number of hydrogen-bond acceptors (Lipinski definition) is 6. The number of carbonyl (C=O) groups excluding carboxylic acids is 1. The predicted octanol–water partition coefficient (Wildman–Crippen LogP) is 4.23. The van der Waals surface area contributed by atoms with Gasteiger partial charge in [-0.3, -0.25) is 4.79 Å². The minimum absolute atomic E-state index is 0.0245. The average Bonchev–Trinajstić information content (AvgIpc) is 3.09. The maximum absolute atomic E-state index is 14.8. The first-order chi connectivity index (χ1) is 15.4. The lowest BCUT2D eigenvalue weighted by molar-refractivity contribution is 0.0778. The van der Waals surface area contributed by atoms with Gasteiger partial charge in [0.1, 0.15) is 22.5 Å². The van der Waals surface area contributed by atoms with E-state index in [1.165, 1.54) is 19.9 Å². The summed E-state index contributed by atoms with van der Waals surface area (Å²) in [4.78, 5) is 27.1. The number of halogens is 2. The summed E-state index contributed by atoms with van der Waals surface area (Å²) in [6, 6.07) is 6.62. The van der Waals surface area contributed by atoms with Crippen molar-refractivity contribution in [3.05, 3.63) is 64.4 Å². The Bertz CT molecular complexity index is 1210. The van der Waals surface area contributed by atoms with Crippen LogP contribution in [0.3, 0.4) is 0 Å². The first-order valence-corrected chi connectivity index (χ1v) is 10.5. The number of amides is 2. The van der Waals surface area contributed by atoms with E-state index in [-0.39, 0.29) is 33.1 Å². The molecular formula is C22H22F2N4O4S. The summed E-state index contributed by atoms with van der Waals surface area (Å²) in [5.41, 5.74) is 4.98. The van der Waals surface area contributed by atoms with Crippen LogP contribution in [0.15, 0.2) is 30.3 Å². The van der Waals surface area contributed by atoms with Crippen molar-refractivity contribution in [2.24, 2.45) is 5.73 Å². The largest absolute Gasteiger partial charge is 0.465 e. The lowest BCUT2D eigenvalue weighted by atomic mass is 9.96. The van der Waals surface area contributed by atoms with Crippen molar-refractivity contribution in [3.8, 4) is 10.4 Å². The molecule has 6 N–H and O–H groups in total. The van der Waals surface area contributed by atoms with Gasteiger partial charge in [0.2, 0.25) is 0 Å². The van der Waals surface area contributed by atoms with E-state index < -0.39 is 29.2 Å². The van der Waals surface area contributed by atoms with Gasteiger partial charge < -0.3 is 26.6 Å². The first-order valence-electron chi connectivity index (χ1n) is 9.73. The lowest BCUT2D eigenvalue weighted by Gasteiger charge is -2.18. The van der Waals surface area contributed by atoms with Gasteiger partial charge in [-0.2, -0.15) is 0 Å². The lowest BCUT2D eigenvalue weighted by Crippen LogP contribution is -2.20. The molecule has 0 unspecified atom stereocenters. The van der Waals surface area contributed by atoms with Crippen molar-refractivity contribution in [2.45, 2.75) is 32.9 Å². The normalized spacial score (nSPS) is 11.3. The van der Waals surface area contributed by atoms with Crippen molar-refractivity contribution < 1.29 is 28.6 Å². The van der Waals surface area contributed by atoms with Crippen LogP contribution >= 0.6 is 11.3 Å². The third-order valence-corrected chi connectivity index (χ3v) is 5.93. The highest BCUT2D eigenvalue weighted by Crippen LogP contribution is 2.40. The molecule has 2 amide bonds. The molecule has 0 atom stereocenters. The fourth-order valence-electron chi connectivity index (χ4n) is 3.09. The highest BCUT2D eigenvalue weighted by atomic mass is 32.1. The fraction of sp³-hybridized carbons (Fsp3) is 0.227. The van der Waals surface area contributed by atoms with E-state index in [0.717, 1.165) is 23.5 Å². The molecule has 174 valence electrons. The van der Waals surface area contributed by atoms with Gasteiger partial charge in [0.05, 0.1) is 16.7 Å². The molecule has 2 aromatic heterocycles. The Hall–Kier alpha value is -3.57. The van der Waals surface area contributed by atoms with Crippen LogP contribution in [0.5, 0.6) is 0 Å². The molecule has 2 heterocycles. The number of nitrogens with zero attached hydrogens (tertiary/aromatic N) is 1. The van der Waals surface area contributed by atoms with Gasteiger partial charge in [0.25, 0.3) is 5.91 Å². The molecule has 8 nitrogen and oxygen atoms in total. The molecule has 3 aromatic rings. The molecule has 1 aromatic carbocycles. The summed E-state index contributed by atoms with van der Waals surface area (Å²) in [5, 5.41) is 24.2. The maximum Gasteiger partial charge on any atom is 0.404 e. The number of rotatable bonds is 7. The van der Waals surface area contributed by atoms with Gasteiger partial charge in [-0.25, -0.2) is 18.6 Å². The van der Waals surface area contributed by atoms with Crippen molar-refractivity contribution >= 4 is 34.2 Å². The van der Waals surface area contributed by atoms with E-state index in [1.54, 1.807) is 19.1 Å². The number of thiophene rings is 1. The minimum atomic E-state index is -1.43. The molecular weight excluding hydrogens is 454 g/mol. The number of benzene rings is 1. The molecule has 0 fully saturated rings. The molecule has 0 saturated heterocycles. The van der Waals surface area contributed by atoms with E-state index in [2.05, 4.69) is 15.6 Å². The van der Waals surface area contributed by atoms with Crippen LogP contribution in [0.25, 0.3) is 10.4 Å². The monoisotopic (exact) mass is 476 g/mol. The van der Waals surface area contributed by atoms with Gasteiger partial charge >= 0.3 is 6.09 Å². The number of carbonyl (C=O) groups is 2. The van der Waals surface area contributed by atoms with Crippen LogP contribution in [0.1, 0.15) is 41.0 Å². The number of nitrogens with one attached hydrogen (secondary N) is 2. The zero-order valence-corrected chi connectivity index (χ0v) is 18.8. The molecule has 11 heteroatoms. The quantitative estimate of drug-likeness (QED) is 0.346. The molecule has 0 bridgehead atoms. The zero-order chi connectivity index (χ0) is 24.5. The van der Waals surface area contributed by atoms with Crippen LogP contribution in [0, 0.1) is 18.6 Å². The average molecular weight is 477 g/mol. The second-order valence-corrected chi connectivity index (χ2v) is 8.87. The molecule has 3 rings (SSSR count). The van der Waals surface area contributed by atoms with Crippen LogP contribution in [0.2, 0.25) is 0 Å². The van der Waals surface area contributed by atoms with Crippen LogP contribution < -0.4 is 16.4 Å². The van der Waals surface area contributed by atoms with Gasteiger partial charge in [-0.15, -0.1) is 11.3 Å². The summed E-state index contributed by atoms with van der Waals surface area (Å²) in [5.74, 6) is -2.24. The Labute approximate surface area is 192 Å². The van der Waals surface area contributed by atoms with Gasteiger partial charge in [-0.05, 0) is 56.2 Å². The predicted molar refractivity (Wildman–Crippen MR) is 121 cm³/mol. The van der Waals surface area contributed by atoms with Crippen molar-refractivity contribution in [3.63, 3.8) is 0 Å². The maximum atomic E-state index is 14.8. The van der Waals surface area contributed by atoms with E-state index in [9.17, 15) is 23.5 Å². The number of nitrogens with two attached hydrogens (primary N) is 1. The van der Waals surface area contributed by atoms with Crippen molar-refractivity contribution in [1.29, 1.82) is 0 Å². The van der Waals surface area contributed by atoms with Gasteiger partial charge in [-0.1, -0.05) is 6.07 Å². The highest BCUT2D eigenvalue weighted by Gasteiger charge is 2.24. The third kappa shape index (κ3) is 5.44. The number of primary amides is 1. The Morgan fingerprint density at radius 3 is 2.33 bits per heavy atom. The number of pyridine rings is 1. The molecule has 0 aliphatic carbocycles. The number of aryl methyl sites for hydroxylation is 1. The highest BCUT2D eigenvalue weighted by molar-refractivity contribution is 7.20. The van der Waals surface area contributed by atoms with Crippen LogP contribution in [-0.2, 0) is 12.1 Å². The zero-order valence-electron chi connectivity index (χ0n) is 18.0.